The first-order valence-corrected chi connectivity index (χ1v) is 6.15. The van der Waals surface area contributed by atoms with Crippen LogP contribution in [-0.2, 0) is 14.8 Å². The third-order valence-corrected chi connectivity index (χ3v) is 3.59. The molecule has 0 heterocycles. The van der Waals surface area contributed by atoms with E-state index in [-0.39, 0.29) is 19.4 Å². The highest BCUT2D eigenvalue weighted by molar-refractivity contribution is 7.90. The maximum absolute atomic E-state index is 11.4. The van der Waals surface area contributed by atoms with Crippen molar-refractivity contribution in [2.75, 3.05) is 6.54 Å². The topological polar surface area (TPSA) is 113 Å². The minimum absolute atomic E-state index is 0.128. The average molecular weight is 233 g/mol. The van der Waals surface area contributed by atoms with Gasteiger partial charge in [0.15, 0.2) is 5.25 Å². The summed E-state index contributed by atoms with van der Waals surface area (Å²) in [5.74, 6) is -0.471. The van der Waals surface area contributed by atoms with E-state index in [1.54, 1.807) is 13.0 Å². The number of amides is 1. The van der Waals surface area contributed by atoms with Gasteiger partial charge in [-0.15, -0.1) is 0 Å². The number of hydrogen-bond acceptors (Lipinski definition) is 4. The zero-order valence-electron chi connectivity index (χ0n) is 8.56. The minimum atomic E-state index is -3.58. The van der Waals surface area contributed by atoms with Gasteiger partial charge in [-0.05, 0) is 12.8 Å². The van der Waals surface area contributed by atoms with E-state index in [1.165, 1.54) is 0 Å². The van der Waals surface area contributed by atoms with E-state index in [4.69, 9.17) is 11.0 Å². The Morgan fingerprint density at radius 3 is 2.60 bits per heavy atom. The van der Waals surface area contributed by atoms with Crippen molar-refractivity contribution in [1.29, 1.82) is 5.26 Å². The molecule has 0 aliphatic rings. The first-order valence-electron chi connectivity index (χ1n) is 4.60. The van der Waals surface area contributed by atoms with Crippen molar-refractivity contribution >= 4 is 15.9 Å². The molecule has 0 aliphatic heterocycles. The Morgan fingerprint density at radius 2 is 2.20 bits per heavy atom. The Hall–Kier alpha value is -1.13. The smallest absolute Gasteiger partial charge is 0.227 e. The van der Waals surface area contributed by atoms with Crippen molar-refractivity contribution in [2.45, 2.75) is 31.4 Å². The number of rotatable bonds is 7. The van der Waals surface area contributed by atoms with E-state index in [2.05, 4.69) is 4.72 Å². The van der Waals surface area contributed by atoms with Crippen LogP contribution < -0.4 is 10.5 Å². The lowest BCUT2D eigenvalue weighted by atomic mass is 10.3. The molecule has 1 unspecified atom stereocenters. The third-order valence-electron chi connectivity index (χ3n) is 1.79. The van der Waals surface area contributed by atoms with Crippen LogP contribution in [-0.4, -0.2) is 26.1 Å². The molecule has 1 atom stereocenters. The highest BCUT2D eigenvalue weighted by Crippen LogP contribution is 2.02. The molecule has 3 N–H and O–H groups in total. The average Bonchev–Trinajstić information content (AvgIpc) is 2.14. The van der Waals surface area contributed by atoms with Gasteiger partial charge in [0, 0.05) is 13.0 Å². The Bertz CT molecular complexity index is 345. The summed E-state index contributed by atoms with van der Waals surface area (Å²) in [7, 11) is -3.58. The van der Waals surface area contributed by atoms with Crippen molar-refractivity contribution < 1.29 is 13.2 Å². The van der Waals surface area contributed by atoms with Crippen LogP contribution >= 0.6 is 0 Å². The van der Waals surface area contributed by atoms with Crippen molar-refractivity contribution in [3.8, 4) is 6.07 Å². The normalized spacial score (nSPS) is 13.1. The molecule has 0 aromatic carbocycles. The van der Waals surface area contributed by atoms with E-state index in [9.17, 15) is 13.2 Å². The molecule has 0 aromatic heterocycles. The first kappa shape index (κ1) is 13.9. The number of nitrogens with zero attached hydrogens (tertiary/aromatic N) is 1. The lowest BCUT2D eigenvalue weighted by Gasteiger charge is -2.09. The summed E-state index contributed by atoms with van der Waals surface area (Å²) in [5.41, 5.74) is 4.89. The molecule has 0 saturated carbocycles. The van der Waals surface area contributed by atoms with Gasteiger partial charge < -0.3 is 5.73 Å². The second kappa shape index (κ2) is 6.37. The number of carbonyl (C=O) groups excluding carboxylic acids is 1. The highest BCUT2D eigenvalue weighted by Gasteiger charge is 2.22. The molecule has 0 saturated heterocycles. The van der Waals surface area contributed by atoms with E-state index < -0.39 is 21.2 Å². The number of hydrogen-bond donors (Lipinski definition) is 2. The Morgan fingerprint density at radius 1 is 1.60 bits per heavy atom. The van der Waals surface area contributed by atoms with Crippen LogP contribution in [0.2, 0.25) is 0 Å². The molecule has 1 amide bonds. The van der Waals surface area contributed by atoms with Gasteiger partial charge >= 0.3 is 0 Å². The molecule has 6 nitrogen and oxygen atoms in total. The van der Waals surface area contributed by atoms with Gasteiger partial charge in [-0.3, -0.25) is 4.79 Å². The lowest BCUT2D eigenvalue weighted by molar-refractivity contribution is -0.118. The Balaban J connectivity index is 4.06. The largest absolute Gasteiger partial charge is 0.370 e. The molecule has 0 spiro atoms. The number of carbonyl (C=O) groups is 1. The SMILES string of the molecule is CCC(C#N)S(=O)(=O)NCCCC(N)=O. The highest BCUT2D eigenvalue weighted by atomic mass is 32.2. The van der Waals surface area contributed by atoms with Gasteiger partial charge in [0.25, 0.3) is 0 Å². The fourth-order valence-corrected chi connectivity index (χ4v) is 2.17. The summed E-state index contributed by atoms with van der Waals surface area (Å²) in [6.45, 7) is 1.75. The molecule has 0 radical (unpaired) electrons. The predicted molar refractivity (Wildman–Crippen MR) is 55.0 cm³/mol. The summed E-state index contributed by atoms with van der Waals surface area (Å²) in [6, 6.07) is 1.70. The fourth-order valence-electron chi connectivity index (χ4n) is 0.958. The molecule has 86 valence electrons. The van der Waals surface area contributed by atoms with Gasteiger partial charge in [-0.1, -0.05) is 6.92 Å². The molecule has 15 heavy (non-hydrogen) atoms. The first-order chi connectivity index (χ1) is 6.94. The van der Waals surface area contributed by atoms with Gasteiger partial charge in [0.05, 0.1) is 6.07 Å². The summed E-state index contributed by atoms with van der Waals surface area (Å²) in [6.07, 6.45) is 0.712. The van der Waals surface area contributed by atoms with Crippen LogP contribution in [0.5, 0.6) is 0 Å². The molecular weight excluding hydrogens is 218 g/mol. The van der Waals surface area contributed by atoms with Gasteiger partial charge in [-0.25, -0.2) is 13.1 Å². The molecule has 0 rings (SSSR count). The van der Waals surface area contributed by atoms with Crippen LogP contribution in [0.1, 0.15) is 26.2 Å². The number of nitrogens with two attached hydrogens (primary N) is 1. The molecule has 0 aliphatic carbocycles. The molecule has 7 heteroatoms. The van der Waals surface area contributed by atoms with Crippen molar-refractivity contribution in [1.82, 2.24) is 4.72 Å². The molecule has 0 aromatic rings. The van der Waals surface area contributed by atoms with Crippen LogP contribution in [0.4, 0.5) is 0 Å². The van der Waals surface area contributed by atoms with Gasteiger partial charge in [-0.2, -0.15) is 5.26 Å². The summed E-state index contributed by atoms with van der Waals surface area (Å²) in [5, 5.41) is 7.53. The van der Waals surface area contributed by atoms with Crippen LogP contribution in [0.15, 0.2) is 0 Å². The van der Waals surface area contributed by atoms with E-state index in [0.29, 0.717) is 6.42 Å². The monoisotopic (exact) mass is 233 g/mol. The van der Waals surface area contributed by atoms with Crippen LogP contribution in [0.3, 0.4) is 0 Å². The number of nitriles is 1. The zero-order valence-corrected chi connectivity index (χ0v) is 9.38. The fraction of sp³-hybridized carbons (Fsp3) is 0.750. The molecular formula is C8H15N3O3S. The summed E-state index contributed by atoms with van der Waals surface area (Å²) >= 11 is 0. The van der Waals surface area contributed by atoms with Crippen molar-refractivity contribution in [2.24, 2.45) is 5.73 Å². The lowest BCUT2D eigenvalue weighted by Crippen LogP contribution is -2.34. The van der Waals surface area contributed by atoms with Crippen molar-refractivity contribution in [3.05, 3.63) is 0 Å². The predicted octanol–water partition coefficient (Wildman–Crippen LogP) is -0.527. The maximum Gasteiger partial charge on any atom is 0.227 e. The van der Waals surface area contributed by atoms with Gasteiger partial charge in [0.1, 0.15) is 0 Å². The minimum Gasteiger partial charge on any atom is -0.370 e. The zero-order chi connectivity index (χ0) is 11.9. The van der Waals surface area contributed by atoms with E-state index in [1.807, 2.05) is 0 Å². The standard InChI is InChI=1S/C8H15N3O3S/c1-2-7(6-9)15(13,14)11-5-3-4-8(10)12/h7,11H,2-5H2,1H3,(H2,10,12). The van der Waals surface area contributed by atoms with Gasteiger partial charge in [0.2, 0.25) is 15.9 Å². The van der Waals surface area contributed by atoms with Crippen LogP contribution in [0.25, 0.3) is 0 Å². The Labute approximate surface area is 89.5 Å². The summed E-state index contributed by atoms with van der Waals surface area (Å²) in [4.78, 5) is 10.4. The van der Waals surface area contributed by atoms with Crippen molar-refractivity contribution in [3.63, 3.8) is 0 Å². The maximum atomic E-state index is 11.4. The van der Waals surface area contributed by atoms with Crippen LogP contribution in [0, 0.1) is 11.3 Å². The third kappa shape index (κ3) is 5.34. The number of sulfonamides is 1. The Kier molecular flexibility index (Phi) is 5.89. The number of primary amides is 1. The second-order valence-electron chi connectivity index (χ2n) is 3.04. The summed E-state index contributed by atoms with van der Waals surface area (Å²) < 4.78 is 25.0. The molecule has 0 bridgehead atoms. The second-order valence-corrected chi connectivity index (χ2v) is 4.98. The van der Waals surface area contributed by atoms with E-state index in [0.717, 1.165) is 0 Å². The quantitative estimate of drug-likeness (QED) is 0.575. The molecule has 0 fully saturated rings. The number of nitrogens with one attached hydrogen (secondary N) is 1. The van der Waals surface area contributed by atoms with E-state index >= 15 is 0 Å².